The molecule has 4 aromatic rings. The lowest BCUT2D eigenvalue weighted by Crippen LogP contribution is -2.29. The fourth-order valence-corrected chi connectivity index (χ4v) is 4.33. The number of fused-ring (bicyclic) bond motifs is 1. The van der Waals surface area contributed by atoms with Crippen LogP contribution in [0.25, 0.3) is 17.2 Å². The van der Waals surface area contributed by atoms with Crippen molar-refractivity contribution in [1.29, 1.82) is 0 Å². The monoisotopic (exact) mass is 530 g/mol. The lowest BCUT2D eigenvalue weighted by Gasteiger charge is -2.24. The van der Waals surface area contributed by atoms with Crippen molar-refractivity contribution >= 4 is 23.6 Å². The summed E-state index contributed by atoms with van der Waals surface area (Å²) in [5.74, 6) is 0.699. The molecule has 1 N–H and O–H groups in total. The number of hydrogen-bond acceptors (Lipinski definition) is 7. The van der Waals surface area contributed by atoms with Gasteiger partial charge in [0.05, 0.1) is 30.0 Å². The van der Waals surface area contributed by atoms with Crippen LogP contribution < -0.4 is 9.80 Å². The minimum Gasteiger partial charge on any atom is -0.465 e. The van der Waals surface area contributed by atoms with Gasteiger partial charge in [-0.2, -0.15) is 0 Å². The molecule has 12 heteroatoms. The third-order valence-electron chi connectivity index (χ3n) is 6.71. The highest BCUT2D eigenvalue weighted by Crippen LogP contribution is 2.33. The van der Waals surface area contributed by atoms with Crippen molar-refractivity contribution in [1.82, 2.24) is 29.6 Å². The molecule has 2 amide bonds. The quantitative estimate of drug-likeness (QED) is 0.381. The number of carbonyl (C=O) groups is 2. The van der Waals surface area contributed by atoms with E-state index in [4.69, 9.17) is 9.97 Å². The molecule has 0 atom stereocenters. The number of rotatable bonds is 7. The van der Waals surface area contributed by atoms with E-state index in [1.807, 2.05) is 25.8 Å². The Labute approximate surface area is 224 Å². The molecule has 4 heterocycles. The fourth-order valence-electron chi connectivity index (χ4n) is 4.33. The maximum Gasteiger partial charge on any atom is 0.407 e. The van der Waals surface area contributed by atoms with E-state index in [1.54, 1.807) is 41.0 Å². The fraction of sp³-hybridized carbons (Fsp3) is 0.259. The van der Waals surface area contributed by atoms with Crippen molar-refractivity contribution in [2.75, 3.05) is 23.9 Å². The molecule has 11 nitrogen and oxygen atoms in total. The van der Waals surface area contributed by atoms with E-state index in [0.717, 1.165) is 4.90 Å². The van der Waals surface area contributed by atoms with Gasteiger partial charge in [0.25, 0.3) is 5.91 Å². The number of amides is 2. The molecular formula is C27H27FN8O3. The van der Waals surface area contributed by atoms with Crippen LogP contribution in [0.15, 0.2) is 54.9 Å². The number of nitrogens with zero attached hydrogens (tertiary/aromatic N) is 8. The lowest BCUT2D eigenvalue weighted by molar-refractivity contribution is 0.0996. The van der Waals surface area contributed by atoms with E-state index in [2.05, 4.69) is 10.2 Å². The Balaban J connectivity index is 1.53. The van der Waals surface area contributed by atoms with E-state index < -0.39 is 11.9 Å². The second-order valence-corrected chi connectivity index (χ2v) is 9.57. The topological polar surface area (TPSA) is 121 Å². The SMILES string of the molecule is CC(C)N(C)c1cc2c(c(CN(C)C(=O)O)n1)CN(c1cccc(-c3nncn3-c3cccc(F)c3)n1)C2=O. The van der Waals surface area contributed by atoms with Crippen LogP contribution in [-0.2, 0) is 13.1 Å². The summed E-state index contributed by atoms with van der Waals surface area (Å²) in [6.07, 6.45) is 0.380. The number of anilines is 2. The number of carboxylic acid groups (broad SMARTS) is 1. The Hall–Kier alpha value is -4.87. The Kier molecular flexibility index (Phi) is 6.69. The molecule has 1 aromatic carbocycles. The maximum absolute atomic E-state index is 13.9. The number of carbonyl (C=O) groups excluding carboxylic acids is 1. The first-order valence-corrected chi connectivity index (χ1v) is 12.3. The lowest BCUT2D eigenvalue weighted by atomic mass is 10.1. The van der Waals surface area contributed by atoms with Gasteiger partial charge in [-0.15, -0.1) is 10.2 Å². The van der Waals surface area contributed by atoms with Gasteiger partial charge in [0, 0.05) is 25.7 Å². The molecule has 39 heavy (non-hydrogen) atoms. The van der Waals surface area contributed by atoms with Gasteiger partial charge in [-0.1, -0.05) is 12.1 Å². The molecular weight excluding hydrogens is 503 g/mol. The van der Waals surface area contributed by atoms with Crippen molar-refractivity contribution in [3.05, 3.63) is 77.5 Å². The van der Waals surface area contributed by atoms with Crippen molar-refractivity contribution in [2.45, 2.75) is 33.0 Å². The predicted octanol–water partition coefficient (Wildman–Crippen LogP) is 3.98. The molecule has 0 spiro atoms. The van der Waals surface area contributed by atoms with Gasteiger partial charge in [-0.3, -0.25) is 14.3 Å². The van der Waals surface area contributed by atoms with Crippen molar-refractivity contribution in [2.24, 2.45) is 0 Å². The number of benzene rings is 1. The number of pyridine rings is 2. The maximum atomic E-state index is 13.9. The zero-order valence-electron chi connectivity index (χ0n) is 21.9. The first-order chi connectivity index (χ1) is 18.6. The zero-order valence-corrected chi connectivity index (χ0v) is 21.9. The zero-order chi connectivity index (χ0) is 27.8. The Morgan fingerprint density at radius 3 is 2.62 bits per heavy atom. The van der Waals surface area contributed by atoms with Gasteiger partial charge in [-0.05, 0) is 50.2 Å². The highest BCUT2D eigenvalue weighted by Gasteiger charge is 2.34. The van der Waals surface area contributed by atoms with Gasteiger partial charge in [0.1, 0.15) is 29.5 Å². The van der Waals surface area contributed by atoms with Crippen LogP contribution in [-0.4, -0.2) is 66.9 Å². The van der Waals surface area contributed by atoms with Crippen LogP contribution in [0, 0.1) is 5.82 Å². The van der Waals surface area contributed by atoms with Crippen LogP contribution in [0.5, 0.6) is 0 Å². The number of halogens is 1. The Bertz CT molecular complexity index is 1570. The van der Waals surface area contributed by atoms with Gasteiger partial charge >= 0.3 is 6.09 Å². The average Bonchev–Trinajstić information content (AvgIpc) is 3.53. The molecule has 1 aliphatic rings. The second kappa shape index (κ2) is 10.1. The van der Waals surface area contributed by atoms with E-state index in [0.29, 0.717) is 45.7 Å². The van der Waals surface area contributed by atoms with Crippen LogP contribution >= 0.6 is 0 Å². The van der Waals surface area contributed by atoms with E-state index >= 15 is 0 Å². The summed E-state index contributed by atoms with van der Waals surface area (Å²) < 4.78 is 15.5. The second-order valence-electron chi connectivity index (χ2n) is 9.57. The summed E-state index contributed by atoms with van der Waals surface area (Å²) in [6, 6.07) is 13.1. The average molecular weight is 531 g/mol. The summed E-state index contributed by atoms with van der Waals surface area (Å²) in [6.45, 7) is 4.22. The predicted molar refractivity (Wildman–Crippen MR) is 142 cm³/mol. The molecule has 0 saturated carbocycles. The number of aromatic nitrogens is 5. The molecule has 0 unspecified atom stereocenters. The normalized spacial score (nSPS) is 12.7. The Morgan fingerprint density at radius 2 is 1.90 bits per heavy atom. The van der Waals surface area contributed by atoms with E-state index in [9.17, 15) is 19.1 Å². The summed E-state index contributed by atoms with van der Waals surface area (Å²) >= 11 is 0. The molecule has 1 aliphatic heterocycles. The smallest absolute Gasteiger partial charge is 0.407 e. The Morgan fingerprint density at radius 1 is 1.13 bits per heavy atom. The van der Waals surface area contributed by atoms with Gasteiger partial charge in [0.15, 0.2) is 5.82 Å². The van der Waals surface area contributed by atoms with Crippen molar-refractivity contribution in [3.8, 4) is 17.2 Å². The van der Waals surface area contributed by atoms with Crippen LogP contribution in [0.4, 0.5) is 20.8 Å². The highest BCUT2D eigenvalue weighted by atomic mass is 19.1. The molecule has 5 rings (SSSR count). The minimum absolute atomic E-state index is 0.0305. The first-order valence-electron chi connectivity index (χ1n) is 12.3. The molecule has 3 aromatic heterocycles. The molecule has 0 radical (unpaired) electrons. The van der Waals surface area contributed by atoms with Gasteiger partial charge < -0.3 is 14.9 Å². The van der Waals surface area contributed by atoms with Crippen molar-refractivity contribution in [3.63, 3.8) is 0 Å². The number of hydrogen-bond donors (Lipinski definition) is 1. The standard InChI is InChI=1S/C27H27FN8O3/c1-16(2)34(4)24-12-19-20(22(31-24)14-33(3)27(38)39)13-35(26(19)37)23-10-6-9-21(30-23)25-32-29-15-36(25)18-8-5-7-17(28)11-18/h5-12,15-16H,13-14H2,1-4H3,(H,38,39). The molecule has 200 valence electrons. The molecule has 0 fully saturated rings. The van der Waals surface area contributed by atoms with Gasteiger partial charge in [0.2, 0.25) is 0 Å². The van der Waals surface area contributed by atoms with E-state index in [-0.39, 0.29) is 25.0 Å². The third-order valence-corrected chi connectivity index (χ3v) is 6.71. The van der Waals surface area contributed by atoms with Crippen LogP contribution in [0.1, 0.15) is 35.5 Å². The summed E-state index contributed by atoms with van der Waals surface area (Å²) in [7, 11) is 3.34. The largest absolute Gasteiger partial charge is 0.465 e. The third kappa shape index (κ3) is 4.88. The summed E-state index contributed by atoms with van der Waals surface area (Å²) in [5, 5.41) is 17.6. The van der Waals surface area contributed by atoms with Crippen LogP contribution in [0.3, 0.4) is 0 Å². The molecule has 0 aliphatic carbocycles. The van der Waals surface area contributed by atoms with Crippen molar-refractivity contribution < 1.29 is 19.1 Å². The molecule has 0 bridgehead atoms. The van der Waals surface area contributed by atoms with Gasteiger partial charge in [-0.25, -0.2) is 19.2 Å². The highest BCUT2D eigenvalue weighted by molar-refractivity contribution is 6.10. The minimum atomic E-state index is -1.09. The van der Waals surface area contributed by atoms with E-state index in [1.165, 1.54) is 30.4 Å². The summed E-state index contributed by atoms with van der Waals surface area (Å²) in [5.41, 5.74) is 2.60. The summed E-state index contributed by atoms with van der Waals surface area (Å²) in [4.78, 5) is 39.2. The molecule has 0 saturated heterocycles. The van der Waals surface area contributed by atoms with Crippen LogP contribution in [0.2, 0.25) is 0 Å². The first kappa shape index (κ1) is 25.8.